The number of nitrogens with zero attached hydrogens (tertiary/aromatic N) is 3. The number of hydrogen-bond donors (Lipinski definition) is 0. The predicted octanol–water partition coefficient (Wildman–Crippen LogP) is 2.92. The first-order chi connectivity index (χ1) is 10.1. The van der Waals surface area contributed by atoms with E-state index in [-0.39, 0.29) is 0 Å². The molecule has 0 N–H and O–H groups in total. The number of rotatable bonds is 6. The Morgan fingerprint density at radius 1 is 1.43 bits per heavy atom. The molecule has 0 spiro atoms. The monoisotopic (exact) mass is 347 g/mol. The van der Waals surface area contributed by atoms with Crippen LogP contribution >= 0.6 is 15.9 Å². The topological polar surface area (TPSA) is 30.3 Å². The maximum atomic E-state index is 5.42. The highest BCUT2D eigenvalue weighted by molar-refractivity contribution is 9.10. The van der Waals surface area contributed by atoms with Crippen molar-refractivity contribution in [2.24, 2.45) is 0 Å². The molecule has 0 bridgehead atoms. The number of aromatic nitrogens is 2. The number of halogens is 1. The molecule has 0 radical (unpaired) electrons. The summed E-state index contributed by atoms with van der Waals surface area (Å²) in [6.45, 7) is 2.12. The van der Waals surface area contributed by atoms with Crippen LogP contribution in [0, 0.1) is 12.3 Å². The molecule has 0 saturated carbocycles. The lowest BCUT2D eigenvalue weighted by Crippen LogP contribution is -2.17. The van der Waals surface area contributed by atoms with Crippen LogP contribution in [0.3, 0.4) is 0 Å². The van der Waals surface area contributed by atoms with Crippen LogP contribution in [-0.4, -0.2) is 28.8 Å². The van der Waals surface area contributed by atoms with Gasteiger partial charge < -0.3 is 4.74 Å². The van der Waals surface area contributed by atoms with Gasteiger partial charge in [0.1, 0.15) is 12.3 Å². The van der Waals surface area contributed by atoms with Crippen LogP contribution in [0.15, 0.2) is 35.1 Å². The molecule has 0 aliphatic carbocycles. The minimum Gasteiger partial charge on any atom is -0.496 e. The Morgan fingerprint density at radius 3 is 2.95 bits per heavy atom. The Labute approximate surface area is 133 Å². The molecule has 2 rings (SSSR count). The molecule has 0 aliphatic rings. The van der Waals surface area contributed by atoms with E-state index >= 15 is 0 Å². The van der Waals surface area contributed by atoms with Gasteiger partial charge in [0.15, 0.2) is 0 Å². The zero-order chi connectivity index (χ0) is 15.2. The fraction of sp³-hybridized carbons (Fsp3) is 0.312. The molecule has 0 fully saturated rings. The van der Waals surface area contributed by atoms with E-state index in [0.717, 1.165) is 34.4 Å². The van der Waals surface area contributed by atoms with E-state index in [1.54, 1.807) is 11.8 Å². The third kappa shape index (κ3) is 4.35. The minimum atomic E-state index is 0.504. The second-order valence-electron chi connectivity index (χ2n) is 4.88. The fourth-order valence-electron chi connectivity index (χ4n) is 2.18. The van der Waals surface area contributed by atoms with Gasteiger partial charge in [-0.05, 0) is 19.2 Å². The molecule has 1 aromatic heterocycles. The zero-order valence-electron chi connectivity index (χ0n) is 12.2. The van der Waals surface area contributed by atoms with Crippen LogP contribution in [0.1, 0.15) is 11.1 Å². The second kappa shape index (κ2) is 7.30. The molecule has 0 aliphatic heterocycles. The minimum absolute atomic E-state index is 0.504. The summed E-state index contributed by atoms with van der Waals surface area (Å²) in [5.41, 5.74) is 2.29. The Hall–Kier alpha value is -1.77. The van der Waals surface area contributed by atoms with E-state index in [1.807, 2.05) is 24.5 Å². The van der Waals surface area contributed by atoms with Gasteiger partial charge in [0.05, 0.1) is 13.3 Å². The van der Waals surface area contributed by atoms with Crippen LogP contribution < -0.4 is 4.74 Å². The lowest BCUT2D eigenvalue weighted by atomic mass is 10.2. The van der Waals surface area contributed by atoms with E-state index in [9.17, 15) is 0 Å². The largest absolute Gasteiger partial charge is 0.496 e. The lowest BCUT2D eigenvalue weighted by Gasteiger charge is -2.17. The summed E-state index contributed by atoms with van der Waals surface area (Å²) in [7, 11) is 3.76. The molecule has 1 aromatic carbocycles. The number of benzene rings is 1. The van der Waals surface area contributed by atoms with Crippen molar-refractivity contribution >= 4 is 15.9 Å². The summed E-state index contributed by atoms with van der Waals surface area (Å²) < 4.78 is 8.20. The van der Waals surface area contributed by atoms with E-state index < -0.39 is 0 Å². The average Bonchev–Trinajstić information content (AvgIpc) is 2.88. The molecule has 110 valence electrons. The molecule has 0 amide bonds. The third-order valence-corrected chi connectivity index (χ3v) is 3.58. The van der Waals surface area contributed by atoms with Crippen LogP contribution in [0.5, 0.6) is 5.75 Å². The van der Waals surface area contributed by atoms with Gasteiger partial charge in [-0.1, -0.05) is 27.9 Å². The molecular weight excluding hydrogens is 330 g/mol. The summed E-state index contributed by atoms with van der Waals surface area (Å²) in [5, 5.41) is 4.23. The van der Waals surface area contributed by atoms with Crippen molar-refractivity contribution in [1.29, 1.82) is 0 Å². The standard InChI is InChI=1S/C16H18BrN3O/c1-4-7-20-11-13(9-18-20)10-19(2)12-14-5-6-15(17)8-16(14)21-3/h1,5-6,8-9,11H,7,10,12H2,2-3H3. The summed E-state index contributed by atoms with van der Waals surface area (Å²) in [5.74, 6) is 3.46. The Kier molecular flexibility index (Phi) is 5.43. The van der Waals surface area contributed by atoms with Crippen molar-refractivity contribution in [1.82, 2.24) is 14.7 Å². The molecule has 0 unspecified atom stereocenters. The van der Waals surface area contributed by atoms with Gasteiger partial charge in [-0.25, -0.2) is 0 Å². The summed E-state index contributed by atoms with van der Waals surface area (Å²) in [4.78, 5) is 2.21. The van der Waals surface area contributed by atoms with Gasteiger partial charge in [-0.3, -0.25) is 9.58 Å². The highest BCUT2D eigenvalue weighted by Gasteiger charge is 2.08. The van der Waals surface area contributed by atoms with Gasteiger partial charge in [0.2, 0.25) is 0 Å². The third-order valence-electron chi connectivity index (χ3n) is 3.08. The maximum Gasteiger partial charge on any atom is 0.124 e. The quantitative estimate of drug-likeness (QED) is 0.752. The zero-order valence-corrected chi connectivity index (χ0v) is 13.8. The van der Waals surface area contributed by atoms with Gasteiger partial charge in [-0.15, -0.1) is 6.42 Å². The Bertz CT molecular complexity index is 645. The van der Waals surface area contributed by atoms with E-state index in [0.29, 0.717) is 6.54 Å². The summed E-state index contributed by atoms with van der Waals surface area (Å²) in [6.07, 6.45) is 9.11. The van der Waals surface area contributed by atoms with Crippen molar-refractivity contribution in [2.75, 3.05) is 14.2 Å². The first-order valence-corrected chi connectivity index (χ1v) is 7.37. The van der Waals surface area contributed by atoms with Crippen molar-refractivity contribution in [3.05, 3.63) is 46.2 Å². The highest BCUT2D eigenvalue weighted by Crippen LogP contribution is 2.24. The first kappa shape index (κ1) is 15.6. The van der Waals surface area contributed by atoms with Gasteiger partial charge in [0, 0.05) is 34.9 Å². The average molecular weight is 348 g/mol. The number of terminal acetylenes is 1. The Morgan fingerprint density at radius 2 is 2.24 bits per heavy atom. The SMILES string of the molecule is C#CCn1cc(CN(C)Cc2ccc(Br)cc2OC)cn1. The lowest BCUT2D eigenvalue weighted by molar-refractivity contribution is 0.310. The van der Waals surface area contributed by atoms with E-state index in [1.165, 1.54) is 0 Å². The first-order valence-electron chi connectivity index (χ1n) is 6.58. The van der Waals surface area contributed by atoms with Crippen LogP contribution in [0.4, 0.5) is 0 Å². The molecule has 2 aromatic rings. The smallest absolute Gasteiger partial charge is 0.124 e. The molecular formula is C16H18BrN3O. The number of hydrogen-bond acceptors (Lipinski definition) is 3. The van der Waals surface area contributed by atoms with Crippen LogP contribution in [0.2, 0.25) is 0 Å². The molecule has 1 heterocycles. The van der Waals surface area contributed by atoms with Crippen LogP contribution in [-0.2, 0) is 19.6 Å². The normalized spacial score (nSPS) is 10.6. The maximum absolute atomic E-state index is 5.42. The highest BCUT2D eigenvalue weighted by atomic mass is 79.9. The summed E-state index contributed by atoms with van der Waals surface area (Å²) >= 11 is 3.45. The molecule has 21 heavy (non-hydrogen) atoms. The van der Waals surface area contributed by atoms with Crippen molar-refractivity contribution in [3.8, 4) is 18.1 Å². The van der Waals surface area contributed by atoms with Gasteiger partial charge >= 0.3 is 0 Å². The van der Waals surface area contributed by atoms with Crippen molar-refractivity contribution in [2.45, 2.75) is 19.6 Å². The molecule has 0 saturated heterocycles. The fourth-order valence-corrected chi connectivity index (χ4v) is 2.52. The molecule has 0 atom stereocenters. The van der Waals surface area contributed by atoms with Crippen molar-refractivity contribution in [3.63, 3.8) is 0 Å². The predicted molar refractivity (Wildman–Crippen MR) is 86.9 cm³/mol. The molecule has 4 nitrogen and oxygen atoms in total. The van der Waals surface area contributed by atoms with Crippen molar-refractivity contribution < 1.29 is 4.74 Å². The number of methoxy groups -OCH3 is 1. The summed E-state index contributed by atoms with van der Waals surface area (Å²) in [6, 6.07) is 6.08. The Balaban J connectivity index is 2.01. The number of ether oxygens (including phenoxy) is 1. The van der Waals surface area contributed by atoms with E-state index in [2.05, 4.69) is 45.0 Å². The molecule has 5 heteroatoms. The van der Waals surface area contributed by atoms with E-state index in [4.69, 9.17) is 11.2 Å². The second-order valence-corrected chi connectivity index (χ2v) is 5.79. The van der Waals surface area contributed by atoms with Gasteiger partial charge in [-0.2, -0.15) is 5.10 Å². The van der Waals surface area contributed by atoms with Crippen LogP contribution in [0.25, 0.3) is 0 Å². The van der Waals surface area contributed by atoms with Gasteiger partial charge in [0.25, 0.3) is 0 Å².